The molecule has 0 spiro atoms. The zero-order valence-corrected chi connectivity index (χ0v) is 10.8. The van der Waals surface area contributed by atoms with E-state index in [0.29, 0.717) is 23.8 Å². The minimum atomic E-state index is 0.261. The summed E-state index contributed by atoms with van der Waals surface area (Å²) in [6.45, 7) is 2.20. The molecule has 0 aliphatic heterocycles. The van der Waals surface area contributed by atoms with E-state index < -0.39 is 0 Å². The molecule has 0 saturated heterocycles. The maximum Gasteiger partial charge on any atom is 0.223 e. The Bertz CT molecular complexity index is 256. The summed E-state index contributed by atoms with van der Waals surface area (Å²) in [5.41, 5.74) is 0. The summed E-state index contributed by atoms with van der Waals surface area (Å²) in [7, 11) is 0. The van der Waals surface area contributed by atoms with Crippen molar-refractivity contribution in [1.82, 2.24) is 5.32 Å². The smallest absolute Gasteiger partial charge is 0.223 e. The monoisotopic (exact) mass is 243 g/mol. The quantitative estimate of drug-likeness (QED) is 0.759. The maximum atomic E-state index is 12.1. The van der Waals surface area contributed by atoms with Crippen LogP contribution in [0.3, 0.4) is 0 Å². The van der Waals surface area contributed by atoms with Crippen molar-refractivity contribution in [3.63, 3.8) is 0 Å². The number of rotatable bonds is 3. The molecule has 4 atom stereocenters. The van der Waals surface area contributed by atoms with Gasteiger partial charge in [0.15, 0.2) is 0 Å². The molecule has 4 unspecified atom stereocenters. The second kappa shape index (κ2) is 5.39. The maximum absolute atomic E-state index is 12.1. The Labute approximate surface area is 103 Å². The third-order valence-corrected chi connectivity index (χ3v) is 4.78. The van der Waals surface area contributed by atoms with Crippen LogP contribution in [0.25, 0.3) is 0 Å². The van der Waals surface area contributed by atoms with Crippen LogP contribution < -0.4 is 5.32 Å². The summed E-state index contributed by atoms with van der Waals surface area (Å²) in [4.78, 5) is 12.1. The fraction of sp³-hybridized carbons (Fsp3) is 0.923. The van der Waals surface area contributed by atoms with Crippen LogP contribution in [0.5, 0.6) is 0 Å². The molecule has 2 aliphatic carbocycles. The number of hydrogen-bond acceptors (Lipinski definition) is 1. The average Bonchev–Trinajstić information content (AvgIpc) is 2.86. The van der Waals surface area contributed by atoms with Gasteiger partial charge in [-0.25, -0.2) is 0 Å². The lowest BCUT2D eigenvalue weighted by molar-refractivity contribution is -0.126. The topological polar surface area (TPSA) is 29.1 Å². The van der Waals surface area contributed by atoms with Crippen molar-refractivity contribution in [2.45, 2.75) is 51.5 Å². The Balaban J connectivity index is 1.86. The molecule has 3 heteroatoms. The highest BCUT2D eigenvalue weighted by molar-refractivity contribution is 6.18. The van der Waals surface area contributed by atoms with Gasteiger partial charge < -0.3 is 5.32 Å². The first-order chi connectivity index (χ1) is 7.72. The molecule has 0 heterocycles. The second-order valence-corrected chi connectivity index (χ2v) is 5.78. The van der Waals surface area contributed by atoms with Gasteiger partial charge in [-0.05, 0) is 37.5 Å². The van der Waals surface area contributed by atoms with Crippen LogP contribution in [0.1, 0.15) is 45.4 Å². The lowest BCUT2D eigenvalue weighted by Crippen LogP contribution is -2.42. The summed E-state index contributed by atoms with van der Waals surface area (Å²) < 4.78 is 0. The van der Waals surface area contributed by atoms with E-state index in [2.05, 4.69) is 12.2 Å². The molecule has 0 radical (unpaired) electrons. The molecule has 2 nitrogen and oxygen atoms in total. The van der Waals surface area contributed by atoms with Crippen LogP contribution in [0.4, 0.5) is 0 Å². The van der Waals surface area contributed by atoms with Gasteiger partial charge in [0.2, 0.25) is 5.91 Å². The Morgan fingerprint density at radius 2 is 2.00 bits per heavy atom. The molecule has 1 N–H and O–H groups in total. The highest BCUT2D eigenvalue weighted by Crippen LogP contribution is 2.32. The molecule has 0 aromatic rings. The van der Waals surface area contributed by atoms with Gasteiger partial charge in [-0.3, -0.25) is 4.79 Å². The molecule has 16 heavy (non-hydrogen) atoms. The van der Waals surface area contributed by atoms with Crippen LogP contribution in [0, 0.1) is 17.8 Å². The fourth-order valence-electron chi connectivity index (χ4n) is 3.24. The largest absolute Gasteiger partial charge is 0.353 e. The van der Waals surface area contributed by atoms with Crippen molar-refractivity contribution in [3.05, 3.63) is 0 Å². The van der Waals surface area contributed by atoms with Crippen LogP contribution in [-0.4, -0.2) is 17.8 Å². The van der Waals surface area contributed by atoms with Gasteiger partial charge >= 0.3 is 0 Å². The summed E-state index contributed by atoms with van der Waals surface area (Å²) in [5.74, 6) is 2.30. The van der Waals surface area contributed by atoms with Crippen molar-refractivity contribution in [1.29, 1.82) is 0 Å². The predicted octanol–water partition coefficient (Wildman–Crippen LogP) is 2.95. The summed E-state index contributed by atoms with van der Waals surface area (Å²) in [5, 5.41) is 3.23. The normalized spacial score (nSPS) is 38.9. The Hall–Kier alpha value is -0.240. The van der Waals surface area contributed by atoms with Gasteiger partial charge in [0.25, 0.3) is 0 Å². The third kappa shape index (κ3) is 2.53. The molecule has 2 saturated carbocycles. The van der Waals surface area contributed by atoms with Crippen LogP contribution in [0.15, 0.2) is 0 Å². The minimum absolute atomic E-state index is 0.261. The highest BCUT2D eigenvalue weighted by Gasteiger charge is 2.33. The number of hydrogen-bond donors (Lipinski definition) is 1. The van der Waals surface area contributed by atoms with Gasteiger partial charge in [0.05, 0.1) is 0 Å². The highest BCUT2D eigenvalue weighted by atomic mass is 35.5. The van der Waals surface area contributed by atoms with E-state index >= 15 is 0 Å². The molecule has 0 aromatic heterocycles. The number of nitrogens with one attached hydrogen (secondary N) is 1. The zero-order chi connectivity index (χ0) is 11.5. The summed E-state index contributed by atoms with van der Waals surface area (Å²) in [6.07, 6.45) is 7.00. The lowest BCUT2D eigenvalue weighted by atomic mass is 9.96. The van der Waals surface area contributed by atoms with Crippen molar-refractivity contribution in [3.8, 4) is 0 Å². The van der Waals surface area contributed by atoms with E-state index in [0.717, 1.165) is 12.8 Å². The number of halogens is 1. The van der Waals surface area contributed by atoms with E-state index in [1.807, 2.05) is 0 Å². The minimum Gasteiger partial charge on any atom is -0.353 e. The van der Waals surface area contributed by atoms with E-state index in [4.69, 9.17) is 11.6 Å². The second-order valence-electron chi connectivity index (χ2n) is 5.48. The van der Waals surface area contributed by atoms with Crippen molar-refractivity contribution in [2.75, 3.05) is 5.88 Å². The Kier molecular flexibility index (Phi) is 4.12. The summed E-state index contributed by atoms with van der Waals surface area (Å²) in [6, 6.07) is 0.345. The first-order valence-corrected chi connectivity index (χ1v) is 7.12. The molecule has 92 valence electrons. The van der Waals surface area contributed by atoms with Crippen molar-refractivity contribution < 1.29 is 4.79 Å². The molecule has 2 aliphatic rings. The standard InChI is InChI=1S/C13H22ClNO/c1-9-4-2-6-11(9)13(16)15-12-7-3-5-10(12)8-14/h9-12H,2-8H2,1H3,(H,15,16). The van der Waals surface area contributed by atoms with Crippen molar-refractivity contribution in [2.24, 2.45) is 17.8 Å². The molecule has 2 rings (SSSR count). The van der Waals surface area contributed by atoms with Gasteiger partial charge in [-0.1, -0.05) is 19.8 Å². The lowest BCUT2D eigenvalue weighted by Gasteiger charge is -2.22. The van der Waals surface area contributed by atoms with E-state index in [9.17, 15) is 4.79 Å². The molecule has 0 aromatic carbocycles. The first-order valence-electron chi connectivity index (χ1n) is 6.58. The predicted molar refractivity (Wildman–Crippen MR) is 66.5 cm³/mol. The van der Waals surface area contributed by atoms with Crippen LogP contribution in [-0.2, 0) is 4.79 Å². The van der Waals surface area contributed by atoms with Gasteiger partial charge in [0.1, 0.15) is 0 Å². The van der Waals surface area contributed by atoms with Crippen LogP contribution in [0.2, 0.25) is 0 Å². The SMILES string of the molecule is CC1CCCC1C(=O)NC1CCCC1CCl. The number of carbonyl (C=O) groups excluding carboxylic acids is 1. The van der Waals surface area contributed by atoms with E-state index in [-0.39, 0.29) is 11.8 Å². The third-order valence-electron chi connectivity index (χ3n) is 4.38. The molecule has 2 fully saturated rings. The summed E-state index contributed by atoms with van der Waals surface area (Å²) >= 11 is 5.92. The van der Waals surface area contributed by atoms with Gasteiger partial charge in [-0.15, -0.1) is 11.6 Å². The Morgan fingerprint density at radius 3 is 2.62 bits per heavy atom. The van der Waals surface area contributed by atoms with E-state index in [1.165, 1.54) is 25.7 Å². The Morgan fingerprint density at radius 1 is 1.25 bits per heavy atom. The van der Waals surface area contributed by atoms with Crippen molar-refractivity contribution >= 4 is 17.5 Å². The molecule has 0 bridgehead atoms. The zero-order valence-electron chi connectivity index (χ0n) is 10.0. The first kappa shape index (κ1) is 12.2. The van der Waals surface area contributed by atoms with Crippen LogP contribution >= 0.6 is 11.6 Å². The number of alkyl halides is 1. The molecule has 1 amide bonds. The van der Waals surface area contributed by atoms with Gasteiger partial charge in [-0.2, -0.15) is 0 Å². The molecular formula is C13H22ClNO. The van der Waals surface area contributed by atoms with E-state index in [1.54, 1.807) is 0 Å². The number of carbonyl (C=O) groups is 1. The van der Waals surface area contributed by atoms with Gasteiger partial charge in [0, 0.05) is 17.8 Å². The number of amides is 1. The fourth-order valence-corrected chi connectivity index (χ4v) is 3.61. The average molecular weight is 244 g/mol. The molecular weight excluding hydrogens is 222 g/mol.